The molecule has 6 heteroatoms. The van der Waals surface area contributed by atoms with Crippen molar-refractivity contribution in [2.24, 2.45) is 13.0 Å². The summed E-state index contributed by atoms with van der Waals surface area (Å²) in [6, 6.07) is 0. The van der Waals surface area contributed by atoms with Crippen LogP contribution in [0.25, 0.3) is 0 Å². The van der Waals surface area contributed by atoms with Crippen LogP contribution in [0.4, 0.5) is 0 Å². The second-order valence-corrected chi connectivity index (χ2v) is 7.36. The van der Waals surface area contributed by atoms with E-state index in [9.17, 15) is 0 Å². The Morgan fingerprint density at radius 3 is 2.83 bits per heavy atom. The highest BCUT2D eigenvalue weighted by molar-refractivity contribution is 5.26. The number of ether oxygens (including phenoxy) is 1. The van der Waals surface area contributed by atoms with Gasteiger partial charge in [0, 0.05) is 56.5 Å². The van der Waals surface area contributed by atoms with Crippen LogP contribution in [-0.2, 0) is 24.9 Å². The fourth-order valence-corrected chi connectivity index (χ4v) is 3.59. The Morgan fingerprint density at radius 1 is 1.29 bits per heavy atom. The second-order valence-electron chi connectivity index (χ2n) is 7.36. The van der Waals surface area contributed by atoms with Gasteiger partial charge >= 0.3 is 0 Å². The molecule has 0 unspecified atom stereocenters. The summed E-state index contributed by atoms with van der Waals surface area (Å²) in [4.78, 5) is 2.46. The standard InChI is InChI=1S/C18H26N4O2/c1-12-17(13(2)24-20-12)9-22-7-15-6-21(3)19-18(15)16(8-22)11-23-10-14-4-5-14/h6,14,16H,4-5,7-11H2,1-3H3/t16-/m1/s1. The molecule has 2 aromatic rings. The van der Waals surface area contributed by atoms with E-state index in [1.807, 2.05) is 25.6 Å². The van der Waals surface area contributed by atoms with E-state index >= 15 is 0 Å². The molecular formula is C18H26N4O2. The average Bonchev–Trinajstić information content (AvgIpc) is 3.22. The zero-order valence-electron chi connectivity index (χ0n) is 14.8. The van der Waals surface area contributed by atoms with Crippen LogP contribution in [0.1, 0.15) is 47.0 Å². The maximum Gasteiger partial charge on any atom is 0.138 e. The van der Waals surface area contributed by atoms with E-state index in [0.717, 1.165) is 50.2 Å². The summed E-state index contributed by atoms with van der Waals surface area (Å²) in [5.41, 5.74) is 4.73. The van der Waals surface area contributed by atoms with Gasteiger partial charge in [0.15, 0.2) is 0 Å². The fraction of sp³-hybridized carbons (Fsp3) is 0.667. The third kappa shape index (κ3) is 3.26. The summed E-state index contributed by atoms with van der Waals surface area (Å²) in [5, 5.41) is 8.77. The van der Waals surface area contributed by atoms with Crippen LogP contribution in [0.2, 0.25) is 0 Å². The van der Waals surface area contributed by atoms with E-state index < -0.39 is 0 Å². The second kappa shape index (κ2) is 6.33. The van der Waals surface area contributed by atoms with Crippen molar-refractivity contribution >= 4 is 0 Å². The minimum Gasteiger partial charge on any atom is -0.380 e. The predicted octanol–water partition coefficient (Wildman–Crippen LogP) is 2.55. The van der Waals surface area contributed by atoms with E-state index in [4.69, 9.17) is 14.4 Å². The van der Waals surface area contributed by atoms with Gasteiger partial charge in [-0.2, -0.15) is 5.10 Å². The zero-order valence-corrected chi connectivity index (χ0v) is 14.8. The lowest BCUT2D eigenvalue weighted by Gasteiger charge is -2.31. The molecule has 3 heterocycles. The van der Waals surface area contributed by atoms with Crippen LogP contribution in [-0.4, -0.2) is 39.6 Å². The van der Waals surface area contributed by atoms with Gasteiger partial charge in [0.1, 0.15) is 5.76 Å². The van der Waals surface area contributed by atoms with Gasteiger partial charge in [0.05, 0.1) is 18.0 Å². The molecule has 1 fully saturated rings. The van der Waals surface area contributed by atoms with E-state index in [0.29, 0.717) is 5.92 Å². The minimum absolute atomic E-state index is 0.342. The molecule has 1 atom stereocenters. The SMILES string of the molecule is Cc1noc(C)c1CN1Cc2cn(C)nc2[C@@H](COCC2CC2)C1. The number of nitrogens with zero attached hydrogens (tertiary/aromatic N) is 4. The van der Waals surface area contributed by atoms with Gasteiger partial charge in [0.2, 0.25) is 0 Å². The van der Waals surface area contributed by atoms with Crippen LogP contribution in [0, 0.1) is 19.8 Å². The van der Waals surface area contributed by atoms with Crippen molar-refractivity contribution < 1.29 is 9.26 Å². The van der Waals surface area contributed by atoms with E-state index in [1.165, 1.54) is 29.7 Å². The van der Waals surface area contributed by atoms with Gasteiger partial charge in [-0.3, -0.25) is 9.58 Å². The Hall–Kier alpha value is -1.66. The third-order valence-electron chi connectivity index (χ3n) is 5.13. The number of hydrogen-bond donors (Lipinski definition) is 0. The van der Waals surface area contributed by atoms with Crippen molar-refractivity contribution in [1.82, 2.24) is 19.8 Å². The molecule has 0 N–H and O–H groups in total. The predicted molar refractivity (Wildman–Crippen MR) is 89.6 cm³/mol. The fourth-order valence-electron chi connectivity index (χ4n) is 3.59. The van der Waals surface area contributed by atoms with Gasteiger partial charge in [-0.1, -0.05) is 5.16 Å². The van der Waals surface area contributed by atoms with Gasteiger partial charge < -0.3 is 9.26 Å². The summed E-state index contributed by atoms with van der Waals surface area (Å²) in [6.07, 6.45) is 4.80. The molecule has 130 valence electrons. The van der Waals surface area contributed by atoms with E-state index in [2.05, 4.69) is 16.3 Å². The molecule has 0 saturated heterocycles. The van der Waals surface area contributed by atoms with Gasteiger partial charge in [0.25, 0.3) is 0 Å². The van der Waals surface area contributed by atoms with Crippen LogP contribution in [0.3, 0.4) is 0 Å². The van der Waals surface area contributed by atoms with E-state index in [-0.39, 0.29) is 0 Å². The van der Waals surface area contributed by atoms with Gasteiger partial charge in [-0.15, -0.1) is 0 Å². The summed E-state index contributed by atoms with van der Waals surface area (Å²) < 4.78 is 13.2. The molecule has 24 heavy (non-hydrogen) atoms. The average molecular weight is 330 g/mol. The maximum absolute atomic E-state index is 5.99. The largest absolute Gasteiger partial charge is 0.380 e. The number of aromatic nitrogens is 3. The number of rotatable bonds is 6. The number of hydrogen-bond acceptors (Lipinski definition) is 5. The van der Waals surface area contributed by atoms with Gasteiger partial charge in [-0.25, -0.2) is 0 Å². The first-order chi connectivity index (χ1) is 11.6. The highest BCUT2D eigenvalue weighted by Gasteiger charge is 2.30. The Kier molecular flexibility index (Phi) is 4.18. The first-order valence-electron chi connectivity index (χ1n) is 8.84. The summed E-state index contributed by atoms with van der Waals surface area (Å²) in [5.74, 6) is 2.07. The van der Waals surface area contributed by atoms with Crippen LogP contribution in [0.15, 0.2) is 10.7 Å². The Bertz CT molecular complexity index is 697. The first kappa shape index (κ1) is 15.8. The molecule has 0 radical (unpaired) electrons. The number of aryl methyl sites for hydroxylation is 3. The highest BCUT2D eigenvalue weighted by Crippen LogP contribution is 2.32. The molecule has 4 rings (SSSR count). The Morgan fingerprint density at radius 2 is 2.12 bits per heavy atom. The molecule has 1 aliphatic carbocycles. The third-order valence-corrected chi connectivity index (χ3v) is 5.13. The first-order valence-corrected chi connectivity index (χ1v) is 8.84. The monoisotopic (exact) mass is 330 g/mol. The zero-order chi connectivity index (χ0) is 16.7. The lowest BCUT2D eigenvalue weighted by molar-refractivity contribution is 0.0880. The van der Waals surface area contributed by atoms with Crippen molar-refractivity contribution in [2.75, 3.05) is 19.8 Å². The topological polar surface area (TPSA) is 56.3 Å². The molecule has 1 aliphatic heterocycles. The molecule has 2 aliphatic rings. The maximum atomic E-state index is 5.99. The quantitative estimate of drug-likeness (QED) is 0.815. The molecule has 1 saturated carbocycles. The molecule has 0 bridgehead atoms. The molecule has 0 amide bonds. The van der Waals surface area contributed by atoms with E-state index in [1.54, 1.807) is 0 Å². The highest BCUT2D eigenvalue weighted by atomic mass is 16.5. The molecule has 2 aromatic heterocycles. The van der Waals surface area contributed by atoms with Crippen LogP contribution in [0.5, 0.6) is 0 Å². The summed E-state index contributed by atoms with van der Waals surface area (Å²) >= 11 is 0. The molecule has 0 spiro atoms. The smallest absolute Gasteiger partial charge is 0.138 e. The Balaban J connectivity index is 1.48. The summed E-state index contributed by atoms with van der Waals surface area (Å²) in [6.45, 7) is 8.44. The van der Waals surface area contributed by atoms with Gasteiger partial charge in [-0.05, 0) is 32.6 Å². The molecule has 6 nitrogen and oxygen atoms in total. The van der Waals surface area contributed by atoms with Crippen LogP contribution < -0.4 is 0 Å². The van der Waals surface area contributed by atoms with Crippen molar-refractivity contribution in [1.29, 1.82) is 0 Å². The summed E-state index contributed by atoms with van der Waals surface area (Å²) in [7, 11) is 2.00. The lowest BCUT2D eigenvalue weighted by atomic mass is 9.96. The van der Waals surface area contributed by atoms with Crippen molar-refractivity contribution in [3.8, 4) is 0 Å². The lowest BCUT2D eigenvalue weighted by Crippen LogP contribution is -2.35. The van der Waals surface area contributed by atoms with Crippen molar-refractivity contribution in [3.05, 3.63) is 34.5 Å². The number of fused-ring (bicyclic) bond motifs is 1. The molecular weight excluding hydrogens is 304 g/mol. The Labute approximate surface area is 142 Å². The van der Waals surface area contributed by atoms with Crippen molar-refractivity contribution in [3.63, 3.8) is 0 Å². The molecule has 0 aromatic carbocycles. The van der Waals surface area contributed by atoms with Crippen molar-refractivity contribution in [2.45, 2.75) is 45.7 Å². The van der Waals surface area contributed by atoms with Crippen LogP contribution >= 0.6 is 0 Å². The minimum atomic E-state index is 0.342. The normalized spacial score (nSPS) is 21.2.